The molecule has 0 saturated carbocycles. The number of rotatable bonds is 3. The molecule has 3 heterocycles. The van der Waals surface area contributed by atoms with E-state index in [1.165, 1.54) is 11.3 Å². The molecule has 0 atom stereocenters. The molecule has 0 radical (unpaired) electrons. The van der Waals surface area contributed by atoms with Gasteiger partial charge in [0, 0.05) is 61.0 Å². The van der Waals surface area contributed by atoms with Crippen molar-refractivity contribution in [3.05, 3.63) is 65.7 Å². The molecule has 0 aliphatic carbocycles. The van der Waals surface area contributed by atoms with Crippen LogP contribution in [0.2, 0.25) is 0 Å². The smallest absolute Gasteiger partial charge is 0.257 e. The number of piperidine rings is 1. The highest BCUT2D eigenvalue weighted by Gasteiger charge is 2.31. The van der Waals surface area contributed by atoms with Crippen LogP contribution in [-0.4, -0.2) is 71.8 Å². The van der Waals surface area contributed by atoms with Crippen molar-refractivity contribution in [1.29, 1.82) is 0 Å². The molecule has 0 spiro atoms. The Balaban J connectivity index is 1.16. The number of amides is 2. The maximum atomic E-state index is 13.2. The molecule has 5 rings (SSSR count). The Morgan fingerprint density at radius 2 is 1.41 bits per heavy atom. The molecular weight excluding hydrogens is 420 g/mol. The average Bonchev–Trinajstić information content (AvgIpc) is 3.19. The van der Waals surface area contributed by atoms with E-state index >= 15 is 0 Å². The third kappa shape index (κ3) is 3.98. The molecule has 0 unspecified atom stereocenters. The summed E-state index contributed by atoms with van der Waals surface area (Å²) in [6, 6.07) is 17.9. The summed E-state index contributed by atoms with van der Waals surface area (Å²) in [5.41, 5.74) is 7.63. The van der Waals surface area contributed by atoms with Crippen molar-refractivity contribution in [2.45, 2.75) is 18.9 Å². The van der Waals surface area contributed by atoms with Crippen LogP contribution in [0.3, 0.4) is 0 Å². The largest absolute Gasteiger partial charge is 0.390 e. The monoisotopic (exact) mass is 448 g/mol. The quantitative estimate of drug-likeness (QED) is 0.665. The Bertz CT molecular complexity index is 1110. The number of carbonyl (C=O) groups excluding carboxylic acids is 2. The second-order valence-electron chi connectivity index (χ2n) is 8.56. The van der Waals surface area contributed by atoms with Gasteiger partial charge in [-0.1, -0.05) is 36.4 Å². The maximum Gasteiger partial charge on any atom is 0.257 e. The lowest BCUT2D eigenvalue weighted by Gasteiger charge is -2.42. The van der Waals surface area contributed by atoms with Crippen LogP contribution in [0, 0.1) is 0 Å². The molecule has 2 aliphatic heterocycles. The Morgan fingerprint density at radius 1 is 0.781 bits per heavy atom. The summed E-state index contributed by atoms with van der Waals surface area (Å²) in [6.07, 6.45) is 1.96. The molecular formula is C25H28N4O2S. The number of hydrogen-bond acceptors (Lipinski definition) is 5. The maximum absolute atomic E-state index is 13.2. The predicted molar refractivity (Wildman–Crippen MR) is 129 cm³/mol. The van der Waals surface area contributed by atoms with Crippen LogP contribution in [0.5, 0.6) is 0 Å². The second kappa shape index (κ2) is 8.92. The van der Waals surface area contributed by atoms with Gasteiger partial charge in [0.2, 0.25) is 0 Å². The lowest BCUT2D eigenvalue weighted by Crippen LogP contribution is -2.54. The molecule has 2 aliphatic rings. The lowest BCUT2D eigenvalue weighted by atomic mass is 10.0. The summed E-state index contributed by atoms with van der Waals surface area (Å²) < 4.78 is 1.06. The Labute approximate surface area is 192 Å². The van der Waals surface area contributed by atoms with Gasteiger partial charge in [-0.25, -0.2) is 0 Å². The highest BCUT2D eigenvalue weighted by Crippen LogP contribution is 2.34. The number of hydrogen-bond donors (Lipinski definition) is 1. The van der Waals surface area contributed by atoms with E-state index in [1.807, 2.05) is 64.4 Å². The Hall–Kier alpha value is -2.90. The van der Waals surface area contributed by atoms with E-state index in [0.29, 0.717) is 29.7 Å². The highest BCUT2D eigenvalue weighted by atomic mass is 32.1. The van der Waals surface area contributed by atoms with E-state index in [1.54, 1.807) is 0 Å². The third-order valence-electron chi connectivity index (χ3n) is 6.73. The van der Waals surface area contributed by atoms with E-state index in [-0.39, 0.29) is 11.8 Å². The molecule has 2 aromatic carbocycles. The number of nitrogens with zero attached hydrogens (tertiary/aromatic N) is 3. The van der Waals surface area contributed by atoms with Gasteiger partial charge in [-0.2, -0.15) is 0 Å². The summed E-state index contributed by atoms with van der Waals surface area (Å²) in [4.78, 5) is 32.3. The van der Waals surface area contributed by atoms with Gasteiger partial charge in [0.15, 0.2) is 0 Å². The number of likely N-dealkylation sites (tertiary alicyclic amines) is 1. The minimum Gasteiger partial charge on any atom is -0.390 e. The molecule has 2 N–H and O–H groups in total. The van der Waals surface area contributed by atoms with Crippen LogP contribution in [0.1, 0.15) is 33.6 Å². The van der Waals surface area contributed by atoms with E-state index in [4.69, 9.17) is 5.73 Å². The first-order valence-corrected chi connectivity index (χ1v) is 12.1. The van der Waals surface area contributed by atoms with Gasteiger partial charge in [-0.05, 0) is 31.0 Å². The number of benzene rings is 2. The Morgan fingerprint density at radius 3 is 2.12 bits per heavy atom. The van der Waals surface area contributed by atoms with Crippen LogP contribution in [-0.2, 0) is 0 Å². The van der Waals surface area contributed by atoms with E-state index in [0.717, 1.165) is 54.7 Å². The topological polar surface area (TPSA) is 69.9 Å². The molecule has 2 amide bonds. The van der Waals surface area contributed by atoms with Gasteiger partial charge < -0.3 is 15.5 Å². The molecule has 32 heavy (non-hydrogen) atoms. The summed E-state index contributed by atoms with van der Waals surface area (Å²) in [7, 11) is 0. The van der Waals surface area contributed by atoms with Crippen LogP contribution in [0.15, 0.2) is 54.6 Å². The SMILES string of the molecule is Nc1sc2ccccc2c1C(=O)N1CCN(C2CCN(C(=O)c3ccccc3)CC2)CC1. The van der Waals surface area contributed by atoms with E-state index in [9.17, 15) is 9.59 Å². The number of anilines is 1. The second-order valence-corrected chi connectivity index (χ2v) is 9.64. The first-order valence-electron chi connectivity index (χ1n) is 11.3. The minimum absolute atomic E-state index is 0.0443. The Kier molecular flexibility index (Phi) is 5.85. The third-order valence-corrected chi connectivity index (χ3v) is 7.73. The molecule has 7 heteroatoms. The molecule has 2 fully saturated rings. The van der Waals surface area contributed by atoms with Gasteiger partial charge >= 0.3 is 0 Å². The van der Waals surface area contributed by atoms with Crippen molar-refractivity contribution in [2.75, 3.05) is 45.0 Å². The lowest BCUT2D eigenvalue weighted by molar-refractivity contribution is 0.0413. The van der Waals surface area contributed by atoms with Gasteiger partial charge in [-0.3, -0.25) is 14.5 Å². The summed E-state index contributed by atoms with van der Waals surface area (Å²) in [6.45, 7) is 4.73. The van der Waals surface area contributed by atoms with Crippen molar-refractivity contribution in [3.63, 3.8) is 0 Å². The normalized spacial score (nSPS) is 18.2. The van der Waals surface area contributed by atoms with Gasteiger partial charge in [-0.15, -0.1) is 11.3 Å². The summed E-state index contributed by atoms with van der Waals surface area (Å²) in [5, 5.41) is 1.56. The van der Waals surface area contributed by atoms with Crippen LogP contribution in [0.4, 0.5) is 5.00 Å². The summed E-state index contributed by atoms with van der Waals surface area (Å²) in [5.74, 6) is 0.169. The number of fused-ring (bicyclic) bond motifs is 1. The van der Waals surface area contributed by atoms with Crippen molar-refractivity contribution >= 4 is 38.2 Å². The zero-order chi connectivity index (χ0) is 22.1. The van der Waals surface area contributed by atoms with Crippen molar-refractivity contribution < 1.29 is 9.59 Å². The number of thiophene rings is 1. The van der Waals surface area contributed by atoms with Crippen molar-refractivity contribution in [2.24, 2.45) is 0 Å². The van der Waals surface area contributed by atoms with Crippen molar-refractivity contribution in [3.8, 4) is 0 Å². The molecule has 6 nitrogen and oxygen atoms in total. The van der Waals surface area contributed by atoms with E-state index in [2.05, 4.69) is 4.90 Å². The summed E-state index contributed by atoms with van der Waals surface area (Å²) >= 11 is 1.48. The van der Waals surface area contributed by atoms with Gasteiger partial charge in [0.25, 0.3) is 11.8 Å². The number of carbonyl (C=O) groups is 2. The highest BCUT2D eigenvalue weighted by molar-refractivity contribution is 7.23. The number of nitrogens with two attached hydrogens (primary N) is 1. The van der Waals surface area contributed by atoms with Crippen LogP contribution in [0.25, 0.3) is 10.1 Å². The molecule has 1 aromatic heterocycles. The number of piperazine rings is 1. The standard InChI is InChI=1S/C25H28N4O2S/c26-23-22(20-8-4-5-9-21(20)32-23)25(31)29-16-14-27(15-17-29)19-10-12-28(13-11-19)24(30)18-6-2-1-3-7-18/h1-9,19H,10-17,26H2. The zero-order valence-corrected chi connectivity index (χ0v) is 18.9. The molecule has 3 aromatic rings. The van der Waals surface area contributed by atoms with Gasteiger partial charge in [0.1, 0.15) is 0 Å². The fraction of sp³-hybridized carbons (Fsp3) is 0.360. The molecule has 2 saturated heterocycles. The predicted octanol–water partition coefficient (Wildman–Crippen LogP) is 3.55. The number of nitrogen functional groups attached to an aromatic ring is 1. The average molecular weight is 449 g/mol. The van der Waals surface area contributed by atoms with Crippen LogP contribution >= 0.6 is 11.3 Å². The van der Waals surface area contributed by atoms with Gasteiger partial charge in [0.05, 0.1) is 10.6 Å². The molecule has 0 bridgehead atoms. The first-order chi connectivity index (χ1) is 15.6. The van der Waals surface area contributed by atoms with Crippen molar-refractivity contribution in [1.82, 2.24) is 14.7 Å². The first kappa shape index (κ1) is 21.0. The fourth-order valence-electron chi connectivity index (χ4n) is 4.93. The molecule has 166 valence electrons. The van der Waals surface area contributed by atoms with E-state index < -0.39 is 0 Å². The minimum atomic E-state index is 0.0443. The van der Waals surface area contributed by atoms with Crippen LogP contribution < -0.4 is 5.73 Å². The zero-order valence-electron chi connectivity index (χ0n) is 18.1. The fourth-order valence-corrected chi connectivity index (χ4v) is 5.89.